The summed E-state index contributed by atoms with van der Waals surface area (Å²) in [5, 5.41) is 0. The maximum Gasteiger partial charge on any atom is 0.145 e. The van der Waals surface area contributed by atoms with Crippen LogP contribution in [0.5, 0.6) is 0 Å². The number of hydrogen-bond donors (Lipinski definition) is 0. The summed E-state index contributed by atoms with van der Waals surface area (Å²) >= 11 is 0. The van der Waals surface area contributed by atoms with E-state index in [0.29, 0.717) is 28.4 Å². The van der Waals surface area contributed by atoms with Gasteiger partial charge in [-0.25, -0.2) is 0 Å². The molecule has 4 fully saturated rings. The third-order valence-electron chi connectivity index (χ3n) is 5.78. The Bertz CT molecular complexity index is 446. The van der Waals surface area contributed by atoms with E-state index >= 15 is 0 Å². The molecule has 4 saturated carbocycles. The highest BCUT2D eigenvalue weighted by atomic mass is 16.1. The molecule has 2 unspecified atom stereocenters. The van der Waals surface area contributed by atoms with Crippen molar-refractivity contribution in [2.75, 3.05) is 0 Å². The monoisotopic (exact) mass is 258 g/mol. The van der Waals surface area contributed by atoms with E-state index in [4.69, 9.17) is 0 Å². The Hall–Kier alpha value is -0.770. The van der Waals surface area contributed by atoms with E-state index in [1.54, 1.807) is 0 Å². The smallest absolute Gasteiger partial charge is 0.145 e. The Balaban J connectivity index is 1.80. The van der Waals surface area contributed by atoms with Crippen molar-refractivity contribution in [1.82, 2.24) is 0 Å². The lowest BCUT2D eigenvalue weighted by molar-refractivity contribution is -0.154. The molecule has 2 atom stereocenters. The second kappa shape index (κ2) is 4.11. The van der Waals surface area contributed by atoms with Crippen LogP contribution in [0.2, 0.25) is 0 Å². The van der Waals surface area contributed by atoms with Crippen LogP contribution in [-0.4, -0.2) is 5.78 Å². The molecule has 4 aliphatic carbocycles. The van der Waals surface area contributed by atoms with E-state index < -0.39 is 0 Å². The summed E-state index contributed by atoms with van der Waals surface area (Å²) in [4.78, 5) is 12.2. The zero-order chi connectivity index (χ0) is 13.7. The number of rotatable bonds is 3. The molecule has 0 aromatic carbocycles. The summed E-state index contributed by atoms with van der Waals surface area (Å²) in [7, 11) is 0. The lowest BCUT2D eigenvalue weighted by Gasteiger charge is -2.65. The number of carbonyl (C=O) groups excluding carboxylic acids is 1. The van der Waals surface area contributed by atoms with Gasteiger partial charge in [-0.05, 0) is 67.6 Å². The maximum atomic E-state index is 12.2. The highest BCUT2D eigenvalue weighted by Crippen LogP contribution is 2.70. The molecule has 104 valence electrons. The Kier molecular flexibility index (Phi) is 2.86. The summed E-state index contributed by atoms with van der Waals surface area (Å²) < 4.78 is 0. The van der Waals surface area contributed by atoms with Gasteiger partial charge in [0.05, 0.1) is 6.42 Å². The van der Waals surface area contributed by atoms with Gasteiger partial charge in [-0.3, -0.25) is 4.79 Å². The molecule has 4 aliphatic rings. The van der Waals surface area contributed by atoms with E-state index in [1.165, 1.54) is 38.5 Å². The highest BCUT2D eigenvalue weighted by Gasteiger charge is 2.60. The quantitative estimate of drug-likeness (QED) is 0.688. The molecule has 0 spiro atoms. The number of carbonyl (C=O) groups is 1. The molecule has 0 heterocycles. The molecular weight excluding hydrogens is 232 g/mol. The van der Waals surface area contributed by atoms with E-state index in [9.17, 15) is 4.79 Å². The second-order valence-electron chi connectivity index (χ2n) is 8.45. The van der Waals surface area contributed by atoms with Gasteiger partial charge in [-0.15, -0.1) is 5.92 Å². The lowest BCUT2D eigenvalue weighted by atomic mass is 9.39. The first-order valence-electron chi connectivity index (χ1n) is 7.78. The minimum atomic E-state index is 0.329. The van der Waals surface area contributed by atoms with Crippen LogP contribution in [-0.2, 0) is 4.79 Å². The van der Waals surface area contributed by atoms with Gasteiger partial charge in [-0.1, -0.05) is 19.8 Å². The van der Waals surface area contributed by atoms with Gasteiger partial charge in [0, 0.05) is 6.42 Å². The molecule has 19 heavy (non-hydrogen) atoms. The summed E-state index contributed by atoms with van der Waals surface area (Å²) in [6, 6.07) is 0. The van der Waals surface area contributed by atoms with E-state index in [0.717, 1.165) is 12.3 Å². The molecule has 1 heteroatoms. The van der Waals surface area contributed by atoms with Gasteiger partial charge in [-0.2, -0.15) is 0 Å². The minimum absolute atomic E-state index is 0.329. The topological polar surface area (TPSA) is 17.1 Å². The molecule has 0 saturated heterocycles. The number of ketones is 1. The average molecular weight is 258 g/mol. The molecule has 0 radical (unpaired) electrons. The predicted octanol–water partition coefficient (Wildman–Crippen LogP) is 4.36. The first kappa shape index (κ1) is 13.2. The summed E-state index contributed by atoms with van der Waals surface area (Å²) in [5.41, 5.74) is 1.37. The molecule has 0 aromatic heterocycles. The third-order valence-corrected chi connectivity index (χ3v) is 5.78. The van der Waals surface area contributed by atoms with Crippen LogP contribution >= 0.6 is 0 Å². The summed E-state index contributed by atoms with van der Waals surface area (Å²) in [6.45, 7) is 6.77. The second-order valence-corrected chi connectivity index (χ2v) is 8.45. The minimum Gasteiger partial charge on any atom is -0.299 e. The van der Waals surface area contributed by atoms with Crippen LogP contribution in [0.3, 0.4) is 0 Å². The first-order chi connectivity index (χ1) is 8.86. The zero-order valence-electron chi connectivity index (χ0n) is 12.6. The molecule has 0 N–H and O–H groups in total. The van der Waals surface area contributed by atoms with Crippen molar-refractivity contribution in [2.24, 2.45) is 22.2 Å². The lowest BCUT2D eigenvalue weighted by Crippen LogP contribution is -2.55. The fourth-order valence-electron chi connectivity index (χ4n) is 6.55. The third kappa shape index (κ3) is 2.35. The fourth-order valence-corrected chi connectivity index (χ4v) is 6.55. The van der Waals surface area contributed by atoms with Crippen LogP contribution in [0.15, 0.2) is 0 Å². The van der Waals surface area contributed by atoms with Crippen molar-refractivity contribution in [3.63, 3.8) is 0 Å². The molecule has 1 nitrogen and oxygen atoms in total. The zero-order valence-corrected chi connectivity index (χ0v) is 12.6. The molecule has 0 aliphatic heterocycles. The molecule has 4 rings (SSSR count). The largest absolute Gasteiger partial charge is 0.299 e. The normalized spacial score (nSPS) is 46.8. The maximum absolute atomic E-state index is 12.2. The van der Waals surface area contributed by atoms with E-state index in [-0.39, 0.29) is 0 Å². The van der Waals surface area contributed by atoms with Crippen LogP contribution in [0, 0.1) is 34.0 Å². The molecule has 0 amide bonds. The van der Waals surface area contributed by atoms with Gasteiger partial charge in [0.15, 0.2) is 0 Å². The van der Waals surface area contributed by atoms with Gasteiger partial charge >= 0.3 is 0 Å². The van der Waals surface area contributed by atoms with Gasteiger partial charge in [0.1, 0.15) is 5.78 Å². The van der Waals surface area contributed by atoms with E-state index in [1.807, 2.05) is 6.92 Å². The van der Waals surface area contributed by atoms with Crippen LogP contribution in [0.25, 0.3) is 0 Å². The summed E-state index contributed by atoms with van der Waals surface area (Å²) in [6.07, 6.45) is 9.36. The SMILES string of the molecule is CC#CCC(=O)CC12CC3CC(C)(CC(C)(C3)C1)C2. The van der Waals surface area contributed by atoms with Crippen molar-refractivity contribution < 1.29 is 4.79 Å². The number of Topliss-reactive ketones (excluding diaryl/α,β-unsaturated/α-hetero) is 1. The molecule has 0 aromatic rings. The van der Waals surface area contributed by atoms with Crippen molar-refractivity contribution in [1.29, 1.82) is 0 Å². The standard InChI is InChI=1S/C18H26O/c1-4-5-6-15(19)10-18-9-14-7-16(2,12-18)11-17(3,8-14)13-18/h14H,6-13H2,1-3H3. The predicted molar refractivity (Wildman–Crippen MR) is 77.5 cm³/mol. The first-order valence-corrected chi connectivity index (χ1v) is 7.78. The van der Waals surface area contributed by atoms with Crippen molar-refractivity contribution in [3.05, 3.63) is 0 Å². The van der Waals surface area contributed by atoms with Crippen molar-refractivity contribution in [3.8, 4) is 11.8 Å². The number of hydrogen-bond acceptors (Lipinski definition) is 1. The van der Waals surface area contributed by atoms with Crippen molar-refractivity contribution in [2.45, 2.75) is 72.1 Å². The van der Waals surface area contributed by atoms with Gasteiger partial charge < -0.3 is 0 Å². The van der Waals surface area contributed by atoms with Crippen LogP contribution in [0.1, 0.15) is 72.1 Å². The fraction of sp³-hybridized carbons (Fsp3) is 0.833. The van der Waals surface area contributed by atoms with Gasteiger partial charge in [0.2, 0.25) is 0 Å². The average Bonchev–Trinajstić information content (AvgIpc) is 2.20. The molecular formula is C18H26O. The van der Waals surface area contributed by atoms with Crippen LogP contribution in [0.4, 0.5) is 0 Å². The Labute approximate surface area is 117 Å². The molecule has 4 bridgehead atoms. The highest BCUT2D eigenvalue weighted by molar-refractivity contribution is 5.81. The van der Waals surface area contributed by atoms with Gasteiger partial charge in [0.25, 0.3) is 0 Å². The van der Waals surface area contributed by atoms with E-state index in [2.05, 4.69) is 25.7 Å². The Morgan fingerprint density at radius 2 is 1.74 bits per heavy atom. The van der Waals surface area contributed by atoms with Crippen LogP contribution < -0.4 is 0 Å². The Morgan fingerprint density at radius 3 is 2.26 bits per heavy atom. The Morgan fingerprint density at radius 1 is 1.11 bits per heavy atom. The summed E-state index contributed by atoms with van der Waals surface area (Å²) in [5.74, 6) is 7.06. The van der Waals surface area contributed by atoms with Crippen molar-refractivity contribution >= 4 is 5.78 Å².